The van der Waals surface area contributed by atoms with Crippen molar-refractivity contribution in [2.24, 2.45) is 5.73 Å². The molecule has 4 nitrogen and oxygen atoms in total. The van der Waals surface area contributed by atoms with Crippen molar-refractivity contribution in [2.75, 3.05) is 0 Å². The molecule has 0 saturated heterocycles. The molecule has 0 heterocycles. The van der Waals surface area contributed by atoms with Crippen molar-refractivity contribution in [1.82, 2.24) is 0 Å². The molecule has 16 heavy (non-hydrogen) atoms. The number of amides is 1. The minimum absolute atomic E-state index is 0.152. The van der Waals surface area contributed by atoms with E-state index in [1.165, 1.54) is 25.1 Å². The first-order valence-corrected chi connectivity index (χ1v) is 4.91. The molecule has 0 unspecified atom stereocenters. The number of primary amides is 1. The molecule has 1 amide bonds. The summed E-state index contributed by atoms with van der Waals surface area (Å²) in [5, 5.41) is 0.239. The van der Waals surface area contributed by atoms with Crippen LogP contribution in [-0.2, 0) is 4.79 Å². The van der Waals surface area contributed by atoms with Gasteiger partial charge in [0.2, 0.25) is 5.91 Å². The van der Waals surface area contributed by atoms with Crippen molar-refractivity contribution >= 4 is 29.1 Å². The van der Waals surface area contributed by atoms with E-state index in [0.29, 0.717) is 0 Å². The van der Waals surface area contributed by atoms with Crippen LogP contribution in [0.15, 0.2) is 18.2 Å². The third kappa shape index (κ3) is 3.17. The highest BCUT2D eigenvalue weighted by atomic mass is 35.5. The molecule has 0 spiro atoms. The molecule has 0 aromatic heterocycles. The SMILES string of the molecule is CC(=O)CC(=O)c1cc(Cl)cc(C(N)=O)c1. The van der Waals surface area contributed by atoms with Gasteiger partial charge in [0.15, 0.2) is 5.78 Å². The van der Waals surface area contributed by atoms with Crippen molar-refractivity contribution in [1.29, 1.82) is 0 Å². The monoisotopic (exact) mass is 239 g/mol. The van der Waals surface area contributed by atoms with Crippen molar-refractivity contribution in [3.8, 4) is 0 Å². The minimum atomic E-state index is -0.667. The highest BCUT2D eigenvalue weighted by molar-refractivity contribution is 6.31. The molecule has 0 atom stereocenters. The molecule has 1 aromatic rings. The summed E-state index contributed by atoms with van der Waals surface area (Å²) in [6, 6.07) is 4.10. The predicted molar refractivity (Wildman–Crippen MR) is 59.6 cm³/mol. The van der Waals surface area contributed by atoms with Gasteiger partial charge in [-0.2, -0.15) is 0 Å². The highest BCUT2D eigenvalue weighted by Gasteiger charge is 2.12. The molecule has 0 aliphatic heterocycles. The van der Waals surface area contributed by atoms with Crippen LogP contribution in [0.4, 0.5) is 0 Å². The van der Waals surface area contributed by atoms with Gasteiger partial charge in [0.25, 0.3) is 0 Å². The van der Waals surface area contributed by atoms with Gasteiger partial charge in [-0.05, 0) is 25.1 Å². The molecule has 0 aliphatic carbocycles. The van der Waals surface area contributed by atoms with Gasteiger partial charge in [-0.25, -0.2) is 0 Å². The molecular formula is C11H10ClNO3. The number of hydrogen-bond donors (Lipinski definition) is 1. The Kier molecular flexibility index (Phi) is 3.79. The molecule has 0 radical (unpaired) electrons. The second kappa shape index (κ2) is 4.90. The normalized spacial score (nSPS) is 9.88. The number of hydrogen-bond acceptors (Lipinski definition) is 3. The molecule has 2 N–H and O–H groups in total. The second-order valence-corrected chi connectivity index (χ2v) is 3.83. The number of Topliss-reactive ketones (excluding diaryl/α,β-unsaturated/α-hetero) is 2. The summed E-state index contributed by atoms with van der Waals surface area (Å²) in [7, 11) is 0. The van der Waals surface area contributed by atoms with E-state index in [1.54, 1.807) is 0 Å². The maximum absolute atomic E-state index is 11.6. The lowest BCUT2D eigenvalue weighted by Crippen LogP contribution is -2.13. The Bertz CT molecular complexity index is 468. The molecular weight excluding hydrogens is 230 g/mol. The fraction of sp³-hybridized carbons (Fsp3) is 0.182. The van der Waals surface area contributed by atoms with Gasteiger partial charge in [0, 0.05) is 16.1 Å². The summed E-state index contributed by atoms with van der Waals surface area (Å²) in [5.41, 5.74) is 5.45. The molecule has 0 fully saturated rings. The van der Waals surface area contributed by atoms with E-state index < -0.39 is 5.91 Å². The molecule has 1 rings (SSSR count). The van der Waals surface area contributed by atoms with Crippen LogP contribution >= 0.6 is 11.6 Å². The fourth-order valence-electron chi connectivity index (χ4n) is 1.22. The van der Waals surface area contributed by atoms with E-state index in [-0.39, 0.29) is 34.1 Å². The van der Waals surface area contributed by atoms with E-state index in [9.17, 15) is 14.4 Å². The summed E-state index contributed by atoms with van der Waals surface area (Å²) in [6.07, 6.45) is -0.210. The zero-order valence-electron chi connectivity index (χ0n) is 8.62. The summed E-state index contributed by atoms with van der Waals surface area (Å²) in [5.74, 6) is -1.29. The van der Waals surface area contributed by atoms with E-state index in [2.05, 4.69) is 0 Å². The van der Waals surface area contributed by atoms with Crippen LogP contribution in [0.1, 0.15) is 34.1 Å². The topological polar surface area (TPSA) is 77.2 Å². The van der Waals surface area contributed by atoms with Crippen LogP contribution in [0.2, 0.25) is 5.02 Å². The number of carbonyl (C=O) groups excluding carboxylic acids is 3. The van der Waals surface area contributed by atoms with Gasteiger partial charge in [-0.1, -0.05) is 11.6 Å². The Morgan fingerprint density at radius 3 is 2.25 bits per heavy atom. The molecule has 84 valence electrons. The lowest BCUT2D eigenvalue weighted by molar-refractivity contribution is -0.116. The smallest absolute Gasteiger partial charge is 0.248 e. The first kappa shape index (κ1) is 12.4. The quantitative estimate of drug-likeness (QED) is 0.640. The molecule has 5 heteroatoms. The zero-order valence-corrected chi connectivity index (χ0v) is 9.38. The molecule has 0 saturated carbocycles. The Morgan fingerprint density at radius 1 is 1.19 bits per heavy atom. The zero-order chi connectivity index (χ0) is 12.3. The molecule has 0 aliphatic rings. The van der Waals surface area contributed by atoms with E-state index in [0.717, 1.165) is 0 Å². The predicted octanol–water partition coefficient (Wildman–Crippen LogP) is 1.60. The fourth-order valence-corrected chi connectivity index (χ4v) is 1.46. The van der Waals surface area contributed by atoms with Crippen molar-refractivity contribution < 1.29 is 14.4 Å². The van der Waals surface area contributed by atoms with Crippen LogP contribution in [0.25, 0.3) is 0 Å². The Hall–Kier alpha value is -1.68. The summed E-state index contributed by atoms with van der Waals surface area (Å²) in [6.45, 7) is 1.32. The Morgan fingerprint density at radius 2 is 1.75 bits per heavy atom. The molecule has 1 aromatic carbocycles. The van der Waals surface area contributed by atoms with E-state index in [1.807, 2.05) is 0 Å². The third-order valence-electron chi connectivity index (χ3n) is 1.91. The summed E-state index contributed by atoms with van der Waals surface area (Å²) >= 11 is 5.73. The molecule has 0 bridgehead atoms. The second-order valence-electron chi connectivity index (χ2n) is 3.39. The number of halogens is 1. The number of nitrogens with two attached hydrogens (primary N) is 1. The number of benzene rings is 1. The van der Waals surface area contributed by atoms with Crippen LogP contribution < -0.4 is 5.73 Å². The number of carbonyl (C=O) groups is 3. The van der Waals surface area contributed by atoms with Gasteiger partial charge < -0.3 is 5.73 Å². The average Bonchev–Trinajstić information content (AvgIpc) is 2.15. The first-order valence-electron chi connectivity index (χ1n) is 4.53. The van der Waals surface area contributed by atoms with Gasteiger partial charge in [0.1, 0.15) is 5.78 Å². The maximum Gasteiger partial charge on any atom is 0.248 e. The number of ketones is 2. The standard InChI is InChI=1S/C11H10ClNO3/c1-6(14)2-10(15)7-3-8(11(13)16)5-9(12)4-7/h3-5H,2H2,1H3,(H2,13,16). The minimum Gasteiger partial charge on any atom is -0.366 e. The lowest BCUT2D eigenvalue weighted by Gasteiger charge is -2.02. The van der Waals surface area contributed by atoms with Crippen molar-refractivity contribution in [2.45, 2.75) is 13.3 Å². The third-order valence-corrected chi connectivity index (χ3v) is 2.13. The Labute approximate surface area is 97.4 Å². The van der Waals surface area contributed by atoms with Crippen LogP contribution in [0.3, 0.4) is 0 Å². The van der Waals surface area contributed by atoms with Crippen LogP contribution in [0.5, 0.6) is 0 Å². The summed E-state index contributed by atoms with van der Waals surface area (Å²) in [4.78, 5) is 33.3. The van der Waals surface area contributed by atoms with Gasteiger partial charge in [-0.15, -0.1) is 0 Å². The Balaban J connectivity index is 3.09. The number of rotatable bonds is 4. The van der Waals surface area contributed by atoms with Crippen LogP contribution in [0, 0.1) is 0 Å². The van der Waals surface area contributed by atoms with Crippen LogP contribution in [-0.4, -0.2) is 17.5 Å². The first-order chi connectivity index (χ1) is 7.40. The lowest BCUT2D eigenvalue weighted by atomic mass is 10.0. The highest BCUT2D eigenvalue weighted by Crippen LogP contribution is 2.16. The van der Waals surface area contributed by atoms with Gasteiger partial charge >= 0.3 is 0 Å². The average molecular weight is 240 g/mol. The van der Waals surface area contributed by atoms with Crippen molar-refractivity contribution in [3.63, 3.8) is 0 Å². The largest absolute Gasteiger partial charge is 0.366 e. The van der Waals surface area contributed by atoms with Gasteiger partial charge in [0.05, 0.1) is 6.42 Å². The van der Waals surface area contributed by atoms with Crippen molar-refractivity contribution in [3.05, 3.63) is 34.3 Å². The van der Waals surface area contributed by atoms with Gasteiger partial charge in [-0.3, -0.25) is 14.4 Å². The summed E-state index contributed by atoms with van der Waals surface area (Å²) < 4.78 is 0. The van der Waals surface area contributed by atoms with E-state index in [4.69, 9.17) is 17.3 Å². The van der Waals surface area contributed by atoms with E-state index >= 15 is 0 Å². The maximum atomic E-state index is 11.6.